The van der Waals surface area contributed by atoms with Crippen molar-refractivity contribution in [2.75, 3.05) is 12.3 Å². The number of rotatable bonds is 5. The Morgan fingerprint density at radius 1 is 1.57 bits per heavy atom. The van der Waals surface area contributed by atoms with Crippen molar-refractivity contribution in [1.82, 2.24) is 5.32 Å². The lowest BCUT2D eigenvalue weighted by atomic mass is 10.4. The highest BCUT2D eigenvalue weighted by Crippen LogP contribution is 2.17. The van der Waals surface area contributed by atoms with Gasteiger partial charge in [-0.05, 0) is 24.9 Å². The monoisotopic (exact) mass is 233 g/mol. The summed E-state index contributed by atoms with van der Waals surface area (Å²) >= 11 is 1.27. The third kappa shape index (κ3) is 3.08. The van der Waals surface area contributed by atoms with Crippen molar-refractivity contribution < 1.29 is 8.42 Å². The molecule has 0 saturated carbocycles. The van der Waals surface area contributed by atoms with E-state index >= 15 is 0 Å². The topological polar surface area (TPSA) is 46.2 Å². The molecule has 1 heterocycles. The molecule has 0 amide bonds. The van der Waals surface area contributed by atoms with Gasteiger partial charge in [-0.1, -0.05) is 13.0 Å². The van der Waals surface area contributed by atoms with E-state index in [-0.39, 0.29) is 11.8 Å². The van der Waals surface area contributed by atoms with E-state index < -0.39 is 9.84 Å². The molecule has 0 aliphatic carbocycles. The van der Waals surface area contributed by atoms with Gasteiger partial charge in [0.25, 0.3) is 0 Å². The Labute approximate surface area is 89.1 Å². The summed E-state index contributed by atoms with van der Waals surface area (Å²) in [4.78, 5) is 0. The Morgan fingerprint density at radius 2 is 2.29 bits per heavy atom. The first-order chi connectivity index (χ1) is 6.56. The minimum Gasteiger partial charge on any atom is -0.314 e. The van der Waals surface area contributed by atoms with Crippen LogP contribution in [0.2, 0.25) is 0 Å². The van der Waals surface area contributed by atoms with Crippen molar-refractivity contribution in [3.8, 4) is 0 Å². The Kier molecular flexibility index (Phi) is 4.10. The molecule has 0 spiro atoms. The van der Waals surface area contributed by atoms with Crippen molar-refractivity contribution in [3.63, 3.8) is 0 Å². The molecule has 0 bridgehead atoms. The molecule has 1 rings (SSSR count). The molecule has 0 fully saturated rings. The average Bonchev–Trinajstić information content (AvgIpc) is 2.54. The third-order valence-corrected chi connectivity index (χ3v) is 5.22. The largest absolute Gasteiger partial charge is 0.314 e. The molecule has 1 unspecified atom stereocenters. The zero-order chi connectivity index (χ0) is 10.6. The first-order valence-electron chi connectivity index (χ1n) is 4.56. The predicted molar refractivity (Wildman–Crippen MR) is 59.5 cm³/mol. The van der Waals surface area contributed by atoms with Crippen LogP contribution in [0.4, 0.5) is 0 Å². The minimum atomic E-state index is -3.08. The zero-order valence-electron chi connectivity index (χ0n) is 8.36. The van der Waals surface area contributed by atoms with Crippen LogP contribution in [0.25, 0.3) is 0 Å². The third-order valence-electron chi connectivity index (χ3n) is 1.82. The van der Waals surface area contributed by atoms with Crippen LogP contribution in [0.15, 0.2) is 21.7 Å². The molecule has 1 aromatic heterocycles. The summed E-state index contributed by atoms with van der Waals surface area (Å²) in [5, 5.41) is 4.87. The van der Waals surface area contributed by atoms with E-state index in [4.69, 9.17) is 0 Å². The Morgan fingerprint density at radius 3 is 2.79 bits per heavy atom. The molecule has 5 heteroatoms. The fourth-order valence-corrected chi connectivity index (χ4v) is 3.89. The smallest absolute Gasteiger partial charge is 0.189 e. The fourth-order valence-electron chi connectivity index (χ4n) is 1.26. The zero-order valence-corrected chi connectivity index (χ0v) is 9.99. The van der Waals surface area contributed by atoms with Crippen LogP contribution >= 0.6 is 11.3 Å². The first-order valence-corrected chi connectivity index (χ1v) is 7.09. The van der Waals surface area contributed by atoms with Crippen LogP contribution in [-0.4, -0.2) is 26.8 Å². The molecule has 1 atom stereocenters. The summed E-state index contributed by atoms with van der Waals surface area (Å²) in [5.41, 5.74) is 0. The maximum atomic E-state index is 11.7. The summed E-state index contributed by atoms with van der Waals surface area (Å²) in [7, 11) is -3.08. The van der Waals surface area contributed by atoms with E-state index in [0.717, 1.165) is 6.54 Å². The Bertz CT molecular complexity index is 356. The van der Waals surface area contributed by atoms with Gasteiger partial charge in [0, 0.05) is 6.04 Å². The minimum absolute atomic E-state index is 0.00657. The highest BCUT2D eigenvalue weighted by Gasteiger charge is 2.18. The molecule has 0 aromatic carbocycles. The van der Waals surface area contributed by atoms with Crippen molar-refractivity contribution in [2.45, 2.75) is 24.1 Å². The SMILES string of the molecule is CCNC(C)CS(=O)(=O)c1cccs1. The van der Waals surface area contributed by atoms with Crippen LogP contribution in [-0.2, 0) is 9.84 Å². The van der Waals surface area contributed by atoms with Crippen molar-refractivity contribution in [1.29, 1.82) is 0 Å². The second-order valence-electron chi connectivity index (χ2n) is 3.17. The molecular formula is C9H15NO2S2. The van der Waals surface area contributed by atoms with Crippen molar-refractivity contribution >= 4 is 21.2 Å². The maximum Gasteiger partial charge on any atom is 0.189 e. The van der Waals surface area contributed by atoms with Gasteiger partial charge in [0.2, 0.25) is 0 Å². The van der Waals surface area contributed by atoms with Crippen LogP contribution in [0.5, 0.6) is 0 Å². The molecular weight excluding hydrogens is 218 g/mol. The molecule has 3 nitrogen and oxygen atoms in total. The lowest BCUT2D eigenvalue weighted by molar-refractivity contribution is 0.568. The summed E-state index contributed by atoms with van der Waals surface area (Å²) in [5.74, 6) is 0.168. The van der Waals surface area contributed by atoms with Crippen LogP contribution in [0.3, 0.4) is 0 Å². The van der Waals surface area contributed by atoms with Gasteiger partial charge in [-0.2, -0.15) is 0 Å². The lowest BCUT2D eigenvalue weighted by Gasteiger charge is -2.11. The van der Waals surface area contributed by atoms with Crippen molar-refractivity contribution in [3.05, 3.63) is 17.5 Å². The van der Waals surface area contributed by atoms with Gasteiger partial charge < -0.3 is 5.32 Å². The van der Waals surface area contributed by atoms with E-state index in [1.165, 1.54) is 11.3 Å². The number of nitrogens with one attached hydrogen (secondary N) is 1. The normalized spacial score (nSPS) is 14.1. The predicted octanol–water partition coefficient (Wildman–Crippen LogP) is 1.52. The molecule has 80 valence electrons. The number of hydrogen-bond acceptors (Lipinski definition) is 4. The van der Waals surface area contributed by atoms with Crippen LogP contribution < -0.4 is 5.32 Å². The Hall–Kier alpha value is -0.390. The van der Waals surface area contributed by atoms with Crippen LogP contribution in [0, 0.1) is 0 Å². The molecule has 0 radical (unpaired) electrons. The van der Waals surface area contributed by atoms with Crippen molar-refractivity contribution in [2.24, 2.45) is 0 Å². The quantitative estimate of drug-likeness (QED) is 0.838. The van der Waals surface area contributed by atoms with Crippen LogP contribution in [0.1, 0.15) is 13.8 Å². The van der Waals surface area contributed by atoms with E-state index in [0.29, 0.717) is 4.21 Å². The van der Waals surface area contributed by atoms with Gasteiger partial charge in [-0.15, -0.1) is 11.3 Å². The standard InChI is InChI=1S/C9H15NO2S2/c1-3-10-8(2)7-14(11,12)9-5-4-6-13-9/h4-6,8,10H,3,7H2,1-2H3. The molecule has 14 heavy (non-hydrogen) atoms. The number of hydrogen-bond donors (Lipinski definition) is 1. The summed E-state index contributed by atoms with van der Waals surface area (Å²) in [6, 6.07) is 3.42. The molecule has 1 aromatic rings. The highest BCUT2D eigenvalue weighted by atomic mass is 32.2. The van der Waals surface area contributed by atoms with E-state index in [1.807, 2.05) is 13.8 Å². The van der Waals surface area contributed by atoms with Gasteiger partial charge in [-0.25, -0.2) is 8.42 Å². The second-order valence-corrected chi connectivity index (χ2v) is 6.38. The second kappa shape index (κ2) is 4.91. The number of thiophene rings is 1. The summed E-state index contributed by atoms with van der Waals surface area (Å²) < 4.78 is 24.0. The van der Waals surface area contributed by atoms with Gasteiger partial charge >= 0.3 is 0 Å². The molecule has 0 aliphatic heterocycles. The summed E-state index contributed by atoms with van der Waals surface area (Å²) in [6.45, 7) is 4.64. The maximum absolute atomic E-state index is 11.7. The van der Waals surface area contributed by atoms with E-state index in [1.54, 1.807) is 17.5 Å². The molecule has 0 aliphatic rings. The fraction of sp³-hybridized carbons (Fsp3) is 0.556. The number of sulfone groups is 1. The highest BCUT2D eigenvalue weighted by molar-refractivity contribution is 7.93. The summed E-state index contributed by atoms with van der Waals surface area (Å²) in [6.07, 6.45) is 0. The first kappa shape index (κ1) is 11.7. The van der Waals surface area contributed by atoms with Gasteiger partial charge in [0.05, 0.1) is 5.75 Å². The lowest BCUT2D eigenvalue weighted by Crippen LogP contribution is -2.32. The van der Waals surface area contributed by atoms with E-state index in [9.17, 15) is 8.42 Å². The molecule has 0 saturated heterocycles. The Balaban J connectivity index is 2.68. The van der Waals surface area contributed by atoms with E-state index in [2.05, 4.69) is 5.32 Å². The van der Waals surface area contributed by atoms with Gasteiger partial charge in [0.1, 0.15) is 4.21 Å². The van der Waals surface area contributed by atoms with Gasteiger partial charge in [0.15, 0.2) is 9.84 Å². The average molecular weight is 233 g/mol. The van der Waals surface area contributed by atoms with Gasteiger partial charge in [-0.3, -0.25) is 0 Å². The molecule has 1 N–H and O–H groups in total.